The fourth-order valence-electron chi connectivity index (χ4n) is 3.02. The number of rotatable bonds is 7. The molecule has 3 rings (SSSR count). The lowest BCUT2D eigenvalue weighted by Crippen LogP contribution is -2.45. The summed E-state index contributed by atoms with van der Waals surface area (Å²) in [6.07, 6.45) is 0.730. The zero-order valence-electron chi connectivity index (χ0n) is 23.0. The zero-order chi connectivity index (χ0) is 30.5. The minimum Gasteiger partial charge on any atom is -0.466 e. The molecule has 0 aliphatic carbocycles. The van der Waals surface area contributed by atoms with Crippen LogP contribution in [0.2, 0.25) is 0 Å². The molecule has 4 amide bonds. The lowest BCUT2D eigenvalue weighted by Gasteiger charge is -2.28. The van der Waals surface area contributed by atoms with Crippen LogP contribution in [0.4, 0.5) is 9.59 Å². The van der Waals surface area contributed by atoms with Crippen LogP contribution in [0.25, 0.3) is 0 Å². The van der Waals surface area contributed by atoms with Crippen LogP contribution in [-0.4, -0.2) is 49.3 Å². The van der Waals surface area contributed by atoms with Crippen molar-refractivity contribution < 1.29 is 38.2 Å². The van der Waals surface area contributed by atoms with Gasteiger partial charge >= 0.3 is 24.0 Å². The van der Waals surface area contributed by atoms with E-state index in [2.05, 4.69) is 26.8 Å². The van der Waals surface area contributed by atoms with E-state index in [-0.39, 0.29) is 18.2 Å². The minimum absolute atomic E-state index is 0.103. The van der Waals surface area contributed by atoms with Crippen LogP contribution in [0.15, 0.2) is 71.9 Å². The number of amides is 4. The number of ether oxygens (including phenoxy) is 2. The number of carbonyl (C=O) groups is 6. The van der Waals surface area contributed by atoms with E-state index < -0.39 is 24.0 Å². The molecule has 12 nitrogen and oxygen atoms in total. The third-order valence-electron chi connectivity index (χ3n) is 4.53. The Morgan fingerprint density at radius 2 is 1.40 bits per heavy atom. The monoisotopic (exact) mass is 556 g/mol. The Morgan fingerprint density at radius 1 is 0.900 bits per heavy atom. The predicted molar refractivity (Wildman–Crippen MR) is 148 cm³/mol. The molecule has 1 aliphatic rings. The Balaban J connectivity index is 0.000000602. The van der Waals surface area contributed by atoms with Gasteiger partial charge in [-0.3, -0.25) is 14.4 Å². The van der Waals surface area contributed by atoms with E-state index in [0.29, 0.717) is 24.5 Å². The Labute approximate surface area is 233 Å². The highest BCUT2D eigenvalue weighted by molar-refractivity contribution is 5.95. The van der Waals surface area contributed by atoms with E-state index in [1.807, 2.05) is 48.5 Å². The van der Waals surface area contributed by atoms with Gasteiger partial charge in [-0.15, -0.1) is 0 Å². The van der Waals surface area contributed by atoms with Crippen molar-refractivity contribution >= 4 is 36.1 Å². The van der Waals surface area contributed by atoms with Crippen molar-refractivity contribution in [3.8, 4) is 0 Å². The van der Waals surface area contributed by atoms with Crippen molar-refractivity contribution in [2.75, 3.05) is 13.2 Å². The smallest absolute Gasteiger partial charge is 0.338 e. The molecule has 0 unspecified atom stereocenters. The first-order valence-corrected chi connectivity index (χ1v) is 12.2. The van der Waals surface area contributed by atoms with Crippen molar-refractivity contribution in [1.29, 1.82) is 0 Å². The number of hydrogen-bond acceptors (Lipinski definition) is 8. The Kier molecular flexibility index (Phi) is 17.5. The van der Waals surface area contributed by atoms with Gasteiger partial charge in [0.2, 0.25) is 0 Å². The van der Waals surface area contributed by atoms with E-state index in [9.17, 15) is 24.0 Å². The van der Waals surface area contributed by atoms with Crippen LogP contribution < -0.4 is 22.1 Å². The highest BCUT2D eigenvalue weighted by Crippen LogP contribution is 2.27. The second-order valence-electron chi connectivity index (χ2n) is 7.82. The minimum atomic E-state index is -0.833. The SMILES string of the molecule is CCOC(=O)C1=C(C)NC(=O)N[C@@H]1c1ccccc1.CCOC(=O)CC(C)=O.NC(N)=O.O=Cc1ccccc1. The Morgan fingerprint density at radius 3 is 1.82 bits per heavy atom. The summed E-state index contributed by atoms with van der Waals surface area (Å²) < 4.78 is 9.54. The van der Waals surface area contributed by atoms with Gasteiger partial charge in [0.05, 0.1) is 24.8 Å². The molecule has 0 radical (unpaired) electrons. The lowest BCUT2D eigenvalue weighted by molar-refractivity contribution is -0.145. The summed E-state index contributed by atoms with van der Waals surface area (Å²) >= 11 is 0. The first-order valence-electron chi connectivity index (χ1n) is 12.2. The number of carbonyl (C=O) groups excluding carboxylic acids is 6. The van der Waals surface area contributed by atoms with E-state index >= 15 is 0 Å². The van der Waals surface area contributed by atoms with E-state index in [0.717, 1.165) is 17.4 Å². The summed E-state index contributed by atoms with van der Waals surface area (Å²) in [5, 5.41) is 5.34. The first-order chi connectivity index (χ1) is 19.0. The zero-order valence-corrected chi connectivity index (χ0v) is 23.0. The van der Waals surface area contributed by atoms with Gasteiger partial charge < -0.3 is 31.6 Å². The molecule has 0 fully saturated rings. The second kappa shape index (κ2) is 20.0. The number of hydrogen-bond donors (Lipinski definition) is 4. The summed E-state index contributed by atoms with van der Waals surface area (Å²) in [5.41, 5.74) is 11.0. The van der Waals surface area contributed by atoms with E-state index in [1.165, 1.54) is 6.92 Å². The van der Waals surface area contributed by atoms with Crippen LogP contribution >= 0.6 is 0 Å². The third-order valence-corrected chi connectivity index (χ3v) is 4.53. The molecule has 40 heavy (non-hydrogen) atoms. The molecule has 0 spiro atoms. The Bertz CT molecular complexity index is 1150. The van der Waals surface area contributed by atoms with Crippen LogP contribution in [0.5, 0.6) is 0 Å². The molecule has 12 heteroatoms. The number of nitrogens with one attached hydrogen (secondary N) is 2. The van der Waals surface area contributed by atoms with Crippen LogP contribution in [0, 0.1) is 0 Å². The van der Waals surface area contributed by atoms with Gasteiger partial charge in [0.25, 0.3) is 0 Å². The van der Waals surface area contributed by atoms with Crippen LogP contribution in [0.1, 0.15) is 56.1 Å². The average molecular weight is 557 g/mol. The molecule has 0 saturated heterocycles. The van der Waals surface area contributed by atoms with Gasteiger partial charge in [0, 0.05) is 11.3 Å². The van der Waals surface area contributed by atoms with Crippen molar-refractivity contribution in [3.05, 3.63) is 83.1 Å². The number of esters is 2. The molecule has 1 atom stereocenters. The highest BCUT2D eigenvalue weighted by atomic mass is 16.5. The topological polar surface area (TPSA) is 197 Å². The van der Waals surface area contributed by atoms with Crippen LogP contribution in [0.3, 0.4) is 0 Å². The summed E-state index contributed by atoms with van der Waals surface area (Å²) in [7, 11) is 0. The van der Waals surface area contributed by atoms with Gasteiger partial charge in [-0.25, -0.2) is 14.4 Å². The highest BCUT2D eigenvalue weighted by Gasteiger charge is 2.31. The molecule has 0 saturated carbocycles. The standard InChI is InChI=1S/C14H16N2O3.C7H6O.C6H10O3.CH4N2O/c1-3-19-13(17)11-9(2)15-14(18)16-12(11)10-7-5-4-6-8-10;8-6-7-4-2-1-3-5-7;1-3-9-6(8)4-5(2)7;2-1(3)4/h4-8,12H,3H2,1-2H3,(H2,15,16,18);1-6H;3-4H2,1-2H3;(H4,2,3,4)/t12-;;;/m1.../s1. The first kappa shape index (κ1) is 35.0. The normalized spacial score (nSPS) is 13.1. The molecule has 6 N–H and O–H groups in total. The van der Waals surface area contributed by atoms with Gasteiger partial charge in [-0.2, -0.15) is 0 Å². The van der Waals surface area contributed by atoms with Gasteiger partial charge in [0.15, 0.2) is 0 Å². The van der Waals surface area contributed by atoms with Crippen LogP contribution in [-0.2, 0) is 23.9 Å². The maximum Gasteiger partial charge on any atom is 0.338 e. The number of primary amides is 2. The number of Topliss-reactive ketones (excluding diaryl/α,β-unsaturated/α-hetero) is 1. The maximum atomic E-state index is 12.0. The average Bonchev–Trinajstić information content (AvgIpc) is 2.89. The molecule has 1 heterocycles. The Hall–Kier alpha value is -5.00. The molecular weight excluding hydrogens is 520 g/mol. The van der Waals surface area contributed by atoms with Gasteiger partial charge in [0.1, 0.15) is 18.5 Å². The number of ketones is 1. The van der Waals surface area contributed by atoms with Gasteiger partial charge in [-0.05, 0) is 33.3 Å². The van der Waals surface area contributed by atoms with Crippen molar-refractivity contribution in [3.63, 3.8) is 0 Å². The number of aldehydes is 1. The molecule has 1 aliphatic heterocycles. The van der Waals surface area contributed by atoms with Crippen molar-refractivity contribution in [2.24, 2.45) is 11.5 Å². The largest absolute Gasteiger partial charge is 0.466 e. The van der Waals surface area contributed by atoms with E-state index in [1.54, 1.807) is 32.9 Å². The molecule has 0 bridgehead atoms. The molecular formula is C28H36N4O8. The number of benzene rings is 2. The number of nitrogens with two attached hydrogens (primary N) is 2. The third kappa shape index (κ3) is 15.3. The molecule has 216 valence electrons. The number of urea groups is 2. The summed E-state index contributed by atoms with van der Waals surface area (Å²) in [6.45, 7) is 7.15. The molecule has 2 aromatic rings. The van der Waals surface area contributed by atoms with Gasteiger partial charge in [-0.1, -0.05) is 60.7 Å². The summed E-state index contributed by atoms with van der Waals surface area (Å²) in [6, 6.07) is 16.8. The molecule has 0 aromatic heterocycles. The second-order valence-corrected chi connectivity index (χ2v) is 7.82. The van der Waals surface area contributed by atoms with Crippen molar-refractivity contribution in [2.45, 2.75) is 40.2 Å². The predicted octanol–water partition coefficient (Wildman–Crippen LogP) is 2.93. The van der Waals surface area contributed by atoms with Crippen molar-refractivity contribution in [1.82, 2.24) is 10.6 Å². The fourth-order valence-corrected chi connectivity index (χ4v) is 3.02. The quantitative estimate of drug-likeness (QED) is 0.227. The summed E-state index contributed by atoms with van der Waals surface area (Å²) in [5.74, 6) is -1.01. The lowest BCUT2D eigenvalue weighted by atomic mass is 9.96. The maximum absolute atomic E-state index is 12.0. The summed E-state index contributed by atoms with van der Waals surface area (Å²) in [4.78, 5) is 63.2. The fraction of sp³-hybridized carbons (Fsp3) is 0.286. The van der Waals surface area contributed by atoms with E-state index in [4.69, 9.17) is 9.53 Å². The molecule has 2 aromatic carbocycles. The number of allylic oxidation sites excluding steroid dienone is 1.